The van der Waals surface area contributed by atoms with Gasteiger partial charge >= 0.3 is 0 Å². The summed E-state index contributed by atoms with van der Waals surface area (Å²) in [7, 11) is 0. The number of aryl methyl sites for hydroxylation is 1. The third-order valence-electron chi connectivity index (χ3n) is 4.25. The highest BCUT2D eigenvalue weighted by Crippen LogP contribution is 2.31. The van der Waals surface area contributed by atoms with Crippen LogP contribution in [0.1, 0.15) is 37.8 Å². The summed E-state index contributed by atoms with van der Waals surface area (Å²) >= 11 is 0. The van der Waals surface area contributed by atoms with E-state index in [-0.39, 0.29) is 11.9 Å². The molecule has 2 heterocycles. The SMILES string of the molecule is Cc1ncnc2[nH]cc(F)c12.OC1CC=CC2=C1CCCC2. The van der Waals surface area contributed by atoms with Gasteiger partial charge in [-0.25, -0.2) is 14.4 Å². The average molecular weight is 301 g/mol. The normalized spacial score (nSPS) is 20.6. The van der Waals surface area contributed by atoms with Gasteiger partial charge in [0.25, 0.3) is 0 Å². The summed E-state index contributed by atoms with van der Waals surface area (Å²) in [5.41, 5.74) is 3.94. The standard InChI is InChI=1S/C10H14O.C7H6FN3/c11-10-7-3-5-8-4-1-2-6-9(8)10;1-4-6-5(8)2-9-7(6)11-3-10-4/h3,5,10-11H,1-2,4,6-7H2;2-3H,1H3,(H,9,10,11). The fourth-order valence-electron chi connectivity index (χ4n) is 3.08. The Hall–Kier alpha value is -2.01. The summed E-state index contributed by atoms with van der Waals surface area (Å²) in [6, 6.07) is 0. The molecule has 2 aromatic rings. The molecule has 0 fully saturated rings. The van der Waals surface area contributed by atoms with Gasteiger partial charge in [0, 0.05) is 6.20 Å². The van der Waals surface area contributed by atoms with E-state index in [1.807, 2.05) is 0 Å². The zero-order valence-electron chi connectivity index (χ0n) is 12.6. The average Bonchev–Trinajstić information content (AvgIpc) is 2.91. The Morgan fingerprint density at radius 1 is 1.27 bits per heavy atom. The Labute approximate surface area is 128 Å². The second-order valence-corrected chi connectivity index (χ2v) is 5.73. The Balaban J connectivity index is 0.000000131. The summed E-state index contributed by atoms with van der Waals surface area (Å²) in [5.74, 6) is -0.293. The van der Waals surface area contributed by atoms with Crippen LogP contribution in [0.25, 0.3) is 11.0 Å². The third kappa shape index (κ3) is 2.95. The molecule has 1 atom stereocenters. The highest BCUT2D eigenvalue weighted by molar-refractivity contribution is 5.78. The molecule has 0 radical (unpaired) electrons. The molecule has 4 nitrogen and oxygen atoms in total. The molecule has 116 valence electrons. The lowest BCUT2D eigenvalue weighted by molar-refractivity contribution is 0.204. The van der Waals surface area contributed by atoms with Gasteiger partial charge in [0.05, 0.1) is 17.2 Å². The number of H-pyrrole nitrogens is 1. The lowest BCUT2D eigenvalue weighted by atomic mass is 9.84. The molecule has 1 unspecified atom stereocenters. The van der Waals surface area contributed by atoms with Crippen LogP contribution in [-0.2, 0) is 0 Å². The second kappa shape index (κ2) is 6.40. The number of aromatic amines is 1. The van der Waals surface area contributed by atoms with Crippen LogP contribution >= 0.6 is 0 Å². The summed E-state index contributed by atoms with van der Waals surface area (Å²) in [4.78, 5) is 10.4. The van der Waals surface area contributed by atoms with Crippen LogP contribution in [0.2, 0.25) is 0 Å². The van der Waals surface area contributed by atoms with Crippen molar-refractivity contribution in [2.24, 2.45) is 0 Å². The van der Waals surface area contributed by atoms with E-state index in [4.69, 9.17) is 0 Å². The van der Waals surface area contributed by atoms with Crippen LogP contribution in [0.3, 0.4) is 0 Å². The zero-order chi connectivity index (χ0) is 15.5. The number of aliphatic hydroxyl groups is 1. The minimum Gasteiger partial charge on any atom is -0.388 e. The topological polar surface area (TPSA) is 61.8 Å². The van der Waals surface area contributed by atoms with Crippen molar-refractivity contribution in [1.29, 1.82) is 0 Å². The highest BCUT2D eigenvalue weighted by Gasteiger charge is 2.19. The number of hydrogen-bond donors (Lipinski definition) is 2. The highest BCUT2D eigenvalue weighted by atomic mass is 19.1. The van der Waals surface area contributed by atoms with E-state index >= 15 is 0 Å². The fourth-order valence-corrected chi connectivity index (χ4v) is 3.08. The largest absolute Gasteiger partial charge is 0.388 e. The maximum absolute atomic E-state index is 12.9. The molecule has 2 aliphatic carbocycles. The summed E-state index contributed by atoms with van der Waals surface area (Å²) in [5, 5.41) is 10.1. The molecule has 4 rings (SSSR count). The number of hydrogen-bond acceptors (Lipinski definition) is 3. The minimum absolute atomic E-state index is 0.157. The van der Waals surface area contributed by atoms with Gasteiger partial charge in [0.15, 0.2) is 5.82 Å². The molecule has 0 bridgehead atoms. The molecule has 0 spiro atoms. The van der Waals surface area contributed by atoms with Crippen molar-refractivity contribution in [3.8, 4) is 0 Å². The molecule has 0 aliphatic heterocycles. The van der Waals surface area contributed by atoms with E-state index < -0.39 is 0 Å². The van der Waals surface area contributed by atoms with Gasteiger partial charge in [-0.05, 0) is 50.2 Å². The number of aliphatic hydroxyl groups excluding tert-OH is 1. The number of halogens is 1. The molecule has 2 N–H and O–H groups in total. The van der Waals surface area contributed by atoms with Gasteiger partial charge in [0.1, 0.15) is 12.0 Å². The summed E-state index contributed by atoms with van der Waals surface area (Å²) in [6.07, 6.45) is 12.5. The van der Waals surface area contributed by atoms with Crippen LogP contribution in [0.4, 0.5) is 4.39 Å². The number of allylic oxidation sites excluding steroid dienone is 2. The van der Waals surface area contributed by atoms with Gasteiger partial charge in [-0.1, -0.05) is 12.2 Å². The van der Waals surface area contributed by atoms with Gasteiger partial charge in [-0.3, -0.25) is 0 Å². The first-order valence-electron chi connectivity index (χ1n) is 7.67. The van der Waals surface area contributed by atoms with Crippen molar-refractivity contribution in [3.05, 3.63) is 47.3 Å². The number of nitrogens with zero attached hydrogens (tertiary/aromatic N) is 2. The number of fused-ring (bicyclic) bond motifs is 1. The van der Waals surface area contributed by atoms with E-state index in [2.05, 4.69) is 27.1 Å². The van der Waals surface area contributed by atoms with Crippen molar-refractivity contribution in [2.45, 2.75) is 45.1 Å². The predicted octanol–water partition coefficient (Wildman–Crippen LogP) is 3.58. The van der Waals surface area contributed by atoms with Crippen LogP contribution in [0, 0.1) is 12.7 Å². The molecule has 0 saturated carbocycles. The molecule has 2 aliphatic rings. The Bertz CT molecular complexity index is 733. The predicted molar refractivity (Wildman–Crippen MR) is 83.8 cm³/mol. The van der Waals surface area contributed by atoms with Gasteiger partial charge < -0.3 is 10.1 Å². The zero-order valence-corrected chi connectivity index (χ0v) is 12.6. The Morgan fingerprint density at radius 2 is 2.09 bits per heavy atom. The van der Waals surface area contributed by atoms with Crippen LogP contribution in [0.5, 0.6) is 0 Å². The van der Waals surface area contributed by atoms with Crippen LogP contribution in [0.15, 0.2) is 35.8 Å². The first-order valence-corrected chi connectivity index (χ1v) is 7.67. The summed E-state index contributed by atoms with van der Waals surface area (Å²) < 4.78 is 12.9. The number of nitrogens with one attached hydrogen (secondary N) is 1. The molecular formula is C17H20FN3O. The lowest BCUT2D eigenvalue weighted by Crippen LogP contribution is -2.16. The van der Waals surface area contributed by atoms with E-state index in [0.717, 1.165) is 12.8 Å². The smallest absolute Gasteiger partial charge is 0.151 e. The van der Waals surface area contributed by atoms with Gasteiger partial charge in [0.2, 0.25) is 0 Å². The van der Waals surface area contributed by atoms with Crippen molar-refractivity contribution in [1.82, 2.24) is 15.0 Å². The molecule has 22 heavy (non-hydrogen) atoms. The molecule has 2 aromatic heterocycles. The summed E-state index contributed by atoms with van der Waals surface area (Å²) in [6.45, 7) is 1.75. The first kappa shape index (κ1) is 14.9. The van der Waals surface area contributed by atoms with Crippen molar-refractivity contribution in [3.63, 3.8) is 0 Å². The van der Waals surface area contributed by atoms with Crippen LogP contribution in [-0.4, -0.2) is 26.2 Å². The van der Waals surface area contributed by atoms with Crippen molar-refractivity contribution >= 4 is 11.0 Å². The van der Waals surface area contributed by atoms with E-state index in [0.29, 0.717) is 16.7 Å². The van der Waals surface area contributed by atoms with Gasteiger partial charge in [-0.2, -0.15) is 0 Å². The number of aromatic nitrogens is 3. The van der Waals surface area contributed by atoms with Crippen molar-refractivity contribution < 1.29 is 9.50 Å². The minimum atomic E-state index is -0.293. The quantitative estimate of drug-likeness (QED) is 0.782. The van der Waals surface area contributed by atoms with Crippen molar-refractivity contribution in [2.75, 3.05) is 0 Å². The monoisotopic (exact) mass is 301 g/mol. The first-order chi connectivity index (χ1) is 10.7. The van der Waals surface area contributed by atoms with Gasteiger partial charge in [-0.15, -0.1) is 0 Å². The molecular weight excluding hydrogens is 281 g/mol. The van der Waals surface area contributed by atoms with Crippen LogP contribution < -0.4 is 0 Å². The van der Waals surface area contributed by atoms with E-state index in [1.165, 1.54) is 42.9 Å². The Morgan fingerprint density at radius 3 is 2.86 bits per heavy atom. The maximum Gasteiger partial charge on any atom is 0.151 e. The molecule has 0 saturated heterocycles. The van der Waals surface area contributed by atoms with E-state index in [9.17, 15) is 9.50 Å². The fraction of sp³-hybridized carbons (Fsp3) is 0.412. The van der Waals surface area contributed by atoms with E-state index in [1.54, 1.807) is 6.92 Å². The molecule has 0 aromatic carbocycles. The molecule has 5 heteroatoms. The lowest BCUT2D eigenvalue weighted by Gasteiger charge is -2.25. The molecule has 0 amide bonds. The Kier molecular flexibility index (Phi) is 4.34. The maximum atomic E-state index is 12.9. The second-order valence-electron chi connectivity index (χ2n) is 5.73. The third-order valence-corrected chi connectivity index (χ3v) is 4.25. The number of rotatable bonds is 0.